The van der Waals surface area contributed by atoms with Gasteiger partial charge in [0.15, 0.2) is 5.52 Å². The number of aromatic nitrogens is 5. The van der Waals surface area contributed by atoms with E-state index in [1.54, 1.807) is 25.0 Å². The molecular formula is C35H47N7O6. The fourth-order valence-electron chi connectivity index (χ4n) is 5.87. The quantitative estimate of drug-likeness (QED) is 0.214. The van der Waals surface area contributed by atoms with Crippen LogP contribution in [0.2, 0.25) is 0 Å². The number of amides is 1. The molecule has 1 aromatic carbocycles. The molecule has 13 heteroatoms. The average molecular weight is 662 g/mol. The SMILES string of the molecule is COCCCOc1ccnc(CN2CCC(O)(Cn3cnc4c(-c5ccc(CNC(=O)OC(C)(C)C)cc5)n(C)nc4c3=O)CC2)c1C. The number of carbonyl (C=O) groups excluding carboxylic acids is 1. The van der Waals surface area contributed by atoms with Gasteiger partial charge in [-0.1, -0.05) is 24.3 Å². The van der Waals surface area contributed by atoms with Crippen LogP contribution in [0.1, 0.15) is 56.9 Å². The minimum absolute atomic E-state index is 0.135. The first-order chi connectivity index (χ1) is 22.9. The number of nitrogens with zero attached hydrogens (tertiary/aromatic N) is 6. The maximum absolute atomic E-state index is 13.6. The lowest BCUT2D eigenvalue weighted by Crippen LogP contribution is -2.48. The van der Waals surface area contributed by atoms with Crippen molar-refractivity contribution in [2.24, 2.45) is 7.05 Å². The lowest BCUT2D eigenvalue weighted by molar-refractivity contribution is -0.0367. The van der Waals surface area contributed by atoms with E-state index in [9.17, 15) is 14.7 Å². The third-order valence-corrected chi connectivity index (χ3v) is 8.51. The molecule has 13 nitrogen and oxygen atoms in total. The predicted octanol–water partition coefficient (Wildman–Crippen LogP) is 3.97. The monoisotopic (exact) mass is 661 g/mol. The molecule has 5 rings (SSSR count). The second-order valence-corrected chi connectivity index (χ2v) is 13.5. The van der Waals surface area contributed by atoms with Crippen LogP contribution in [-0.2, 0) is 36.2 Å². The summed E-state index contributed by atoms with van der Waals surface area (Å²) in [6.45, 7) is 11.1. The highest BCUT2D eigenvalue weighted by molar-refractivity contribution is 5.89. The molecule has 0 saturated carbocycles. The predicted molar refractivity (Wildman–Crippen MR) is 182 cm³/mol. The van der Waals surface area contributed by atoms with Crippen molar-refractivity contribution in [2.45, 2.75) is 77.8 Å². The van der Waals surface area contributed by atoms with Gasteiger partial charge in [0, 0.05) is 70.7 Å². The van der Waals surface area contributed by atoms with E-state index < -0.39 is 17.3 Å². The van der Waals surface area contributed by atoms with E-state index in [1.807, 2.05) is 58.0 Å². The molecule has 1 aliphatic heterocycles. The molecule has 2 N–H and O–H groups in total. The molecule has 0 unspecified atom stereocenters. The van der Waals surface area contributed by atoms with Gasteiger partial charge in [-0.2, -0.15) is 5.10 Å². The van der Waals surface area contributed by atoms with Crippen molar-refractivity contribution in [3.05, 3.63) is 70.0 Å². The summed E-state index contributed by atoms with van der Waals surface area (Å²) >= 11 is 0. The number of rotatable bonds is 12. The number of pyridine rings is 1. The number of aliphatic hydroxyl groups is 1. The van der Waals surface area contributed by atoms with Gasteiger partial charge in [0.05, 0.1) is 36.5 Å². The molecular weight excluding hydrogens is 614 g/mol. The van der Waals surface area contributed by atoms with E-state index in [-0.39, 0.29) is 17.6 Å². The first-order valence-electron chi connectivity index (χ1n) is 16.3. The summed E-state index contributed by atoms with van der Waals surface area (Å²) in [6, 6.07) is 9.52. The van der Waals surface area contributed by atoms with Crippen molar-refractivity contribution in [1.82, 2.24) is 34.5 Å². The Morgan fingerprint density at radius 3 is 2.48 bits per heavy atom. The Bertz CT molecular complexity index is 1770. The smallest absolute Gasteiger partial charge is 0.407 e. The number of aryl methyl sites for hydroxylation is 1. The first-order valence-corrected chi connectivity index (χ1v) is 16.3. The molecule has 1 amide bonds. The van der Waals surface area contributed by atoms with Crippen LogP contribution in [0, 0.1) is 6.92 Å². The molecule has 1 saturated heterocycles. The lowest BCUT2D eigenvalue weighted by Gasteiger charge is -2.38. The van der Waals surface area contributed by atoms with Gasteiger partial charge in [-0.25, -0.2) is 9.78 Å². The highest BCUT2D eigenvalue weighted by atomic mass is 16.6. The number of hydrogen-bond acceptors (Lipinski definition) is 10. The van der Waals surface area contributed by atoms with Crippen LogP contribution in [0.4, 0.5) is 4.79 Å². The molecule has 4 heterocycles. The van der Waals surface area contributed by atoms with E-state index >= 15 is 0 Å². The number of piperidine rings is 1. The Morgan fingerprint density at radius 2 is 1.79 bits per heavy atom. The van der Waals surface area contributed by atoms with Crippen LogP contribution in [0.3, 0.4) is 0 Å². The molecule has 48 heavy (non-hydrogen) atoms. The molecule has 0 radical (unpaired) electrons. The number of benzene rings is 1. The molecule has 258 valence electrons. The summed E-state index contributed by atoms with van der Waals surface area (Å²) in [4.78, 5) is 37.1. The zero-order valence-corrected chi connectivity index (χ0v) is 28.8. The minimum Gasteiger partial charge on any atom is -0.493 e. The largest absolute Gasteiger partial charge is 0.493 e. The lowest BCUT2D eigenvalue weighted by atomic mass is 9.91. The minimum atomic E-state index is -1.05. The Morgan fingerprint density at radius 1 is 1.06 bits per heavy atom. The summed E-state index contributed by atoms with van der Waals surface area (Å²) in [5.74, 6) is 0.828. The fraction of sp³-hybridized carbons (Fsp3) is 0.514. The Hall–Kier alpha value is -4.33. The van der Waals surface area contributed by atoms with Crippen molar-refractivity contribution in [3.8, 4) is 17.0 Å². The van der Waals surface area contributed by atoms with Crippen molar-refractivity contribution < 1.29 is 24.1 Å². The van der Waals surface area contributed by atoms with Gasteiger partial charge in [0.2, 0.25) is 0 Å². The van der Waals surface area contributed by atoms with Crippen LogP contribution in [-0.4, -0.2) is 85.0 Å². The highest BCUT2D eigenvalue weighted by Crippen LogP contribution is 2.28. The molecule has 0 aliphatic carbocycles. The third kappa shape index (κ3) is 8.57. The Balaban J connectivity index is 1.21. The first kappa shape index (κ1) is 35.0. The van der Waals surface area contributed by atoms with E-state index in [0.29, 0.717) is 63.4 Å². The standard InChI is InChI=1S/C35H47N7O6/c1-24-27(36-15-12-28(24)47-19-7-18-46-6)21-41-16-13-35(45,14-17-41)22-42-23-38-29-30(32(42)43)39-40(5)31(29)26-10-8-25(9-11-26)20-37-33(44)48-34(2,3)4/h8-12,15,23,45H,7,13-14,16-22H2,1-6H3,(H,37,44). The van der Waals surface area contributed by atoms with Gasteiger partial charge in [0.25, 0.3) is 5.56 Å². The molecule has 0 bridgehead atoms. The molecule has 0 spiro atoms. The molecule has 1 aliphatic rings. The normalized spacial score (nSPS) is 15.1. The van der Waals surface area contributed by atoms with Crippen LogP contribution in [0.5, 0.6) is 5.75 Å². The maximum Gasteiger partial charge on any atom is 0.407 e. The van der Waals surface area contributed by atoms with E-state index in [0.717, 1.165) is 34.6 Å². The van der Waals surface area contributed by atoms with Gasteiger partial charge in [0.1, 0.15) is 16.9 Å². The summed E-state index contributed by atoms with van der Waals surface area (Å²) < 4.78 is 19.5. The van der Waals surface area contributed by atoms with Crippen molar-refractivity contribution in [1.29, 1.82) is 0 Å². The number of methoxy groups -OCH3 is 1. The Kier molecular flexibility index (Phi) is 10.8. The van der Waals surface area contributed by atoms with Crippen LogP contribution in [0.15, 0.2) is 47.7 Å². The summed E-state index contributed by atoms with van der Waals surface area (Å²) in [5, 5.41) is 18.8. The molecule has 0 atom stereocenters. The van der Waals surface area contributed by atoms with Crippen LogP contribution >= 0.6 is 0 Å². The number of fused-ring (bicyclic) bond motifs is 1. The summed E-state index contributed by atoms with van der Waals surface area (Å²) in [6.07, 6.45) is 4.63. The highest BCUT2D eigenvalue weighted by Gasteiger charge is 2.34. The van der Waals surface area contributed by atoms with E-state index in [4.69, 9.17) is 14.2 Å². The van der Waals surface area contributed by atoms with Gasteiger partial charge in [-0.3, -0.25) is 23.9 Å². The van der Waals surface area contributed by atoms with Gasteiger partial charge >= 0.3 is 6.09 Å². The van der Waals surface area contributed by atoms with E-state index in [2.05, 4.69) is 25.3 Å². The third-order valence-electron chi connectivity index (χ3n) is 8.51. The van der Waals surface area contributed by atoms with Crippen molar-refractivity contribution in [3.63, 3.8) is 0 Å². The summed E-state index contributed by atoms with van der Waals surface area (Å²) in [7, 11) is 3.46. The topological polar surface area (TPSA) is 146 Å². The Labute approximate surface area is 280 Å². The second kappa shape index (κ2) is 14.8. The van der Waals surface area contributed by atoms with Crippen molar-refractivity contribution in [2.75, 3.05) is 33.4 Å². The number of alkyl carbamates (subject to hydrolysis) is 1. The number of carbonyl (C=O) groups is 1. The van der Waals surface area contributed by atoms with Crippen molar-refractivity contribution >= 4 is 17.1 Å². The zero-order valence-electron chi connectivity index (χ0n) is 28.8. The van der Waals surface area contributed by atoms with Gasteiger partial charge in [-0.05, 0) is 52.2 Å². The zero-order chi connectivity index (χ0) is 34.5. The number of nitrogens with one attached hydrogen (secondary N) is 1. The van der Waals surface area contributed by atoms with Gasteiger partial charge < -0.3 is 24.6 Å². The average Bonchev–Trinajstić information content (AvgIpc) is 3.38. The number of ether oxygens (including phenoxy) is 3. The number of hydrogen-bond donors (Lipinski definition) is 2. The fourth-order valence-corrected chi connectivity index (χ4v) is 5.87. The summed E-state index contributed by atoms with van der Waals surface area (Å²) in [5.41, 5.74) is 3.24. The maximum atomic E-state index is 13.6. The second-order valence-electron chi connectivity index (χ2n) is 13.5. The van der Waals surface area contributed by atoms with Gasteiger partial charge in [-0.15, -0.1) is 0 Å². The molecule has 4 aromatic rings. The van der Waals surface area contributed by atoms with E-state index in [1.165, 1.54) is 10.9 Å². The number of likely N-dealkylation sites (tertiary alicyclic amines) is 1. The van der Waals surface area contributed by atoms with Crippen LogP contribution in [0.25, 0.3) is 22.3 Å². The molecule has 1 fully saturated rings. The van der Waals surface area contributed by atoms with Crippen LogP contribution < -0.4 is 15.6 Å². The molecule has 3 aromatic heterocycles.